The van der Waals surface area contributed by atoms with Gasteiger partial charge >= 0.3 is 0 Å². The monoisotopic (exact) mass is 356 g/mol. The lowest BCUT2D eigenvalue weighted by atomic mass is 10.1. The molecule has 3 aliphatic rings. The number of hydrogen-bond acceptors (Lipinski definition) is 6. The highest BCUT2D eigenvalue weighted by Gasteiger charge is 2.35. The Labute approximate surface area is 149 Å². The fraction of sp³-hybridized carbons (Fsp3) is 0.556. The van der Waals surface area contributed by atoms with Gasteiger partial charge in [0.15, 0.2) is 5.69 Å². The van der Waals surface area contributed by atoms with E-state index in [1.165, 1.54) is 4.68 Å². The van der Waals surface area contributed by atoms with Crippen LogP contribution in [0.3, 0.4) is 0 Å². The normalized spacial score (nSPS) is 25.4. The minimum absolute atomic E-state index is 0.179. The molecule has 2 aromatic rings. The molecule has 1 saturated heterocycles. The van der Waals surface area contributed by atoms with E-state index in [1.54, 1.807) is 18.2 Å². The van der Waals surface area contributed by atoms with Crippen LogP contribution in [0.2, 0.25) is 0 Å². The van der Waals surface area contributed by atoms with E-state index >= 15 is 0 Å². The first-order valence-electron chi connectivity index (χ1n) is 9.14. The molecule has 1 amide bonds. The van der Waals surface area contributed by atoms with Gasteiger partial charge in [0.1, 0.15) is 11.8 Å². The van der Waals surface area contributed by atoms with Crippen molar-refractivity contribution < 1.29 is 14.1 Å². The van der Waals surface area contributed by atoms with Crippen molar-refractivity contribution >= 4 is 5.91 Å². The van der Waals surface area contributed by atoms with Crippen molar-refractivity contribution in [3.63, 3.8) is 0 Å². The molecule has 0 aromatic carbocycles. The minimum Gasteiger partial charge on any atom is -0.377 e. The maximum Gasteiger partial charge on any atom is 0.273 e. The standard InChI is InChI=1S/C18H20N4O4/c23-17-6-5-12(10-1-2-10)20-22(17)15-9-25-8-14(15)19-18(24)13-7-16(26-21-13)11-3-4-11/h5-7,10-11,14-15H,1-4,8-9H2,(H,19,24). The predicted octanol–water partition coefficient (Wildman–Crippen LogP) is 1.36. The molecule has 8 heteroatoms. The van der Waals surface area contributed by atoms with Gasteiger partial charge in [-0.05, 0) is 31.7 Å². The quantitative estimate of drug-likeness (QED) is 0.868. The van der Waals surface area contributed by atoms with Crippen LogP contribution in [0, 0.1) is 0 Å². The second-order valence-corrected chi connectivity index (χ2v) is 7.39. The first-order valence-corrected chi connectivity index (χ1v) is 9.14. The number of hydrogen-bond donors (Lipinski definition) is 1. The third kappa shape index (κ3) is 2.94. The van der Waals surface area contributed by atoms with Crippen molar-refractivity contribution in [2.24, 2.45) is 0 Å². The van der Waals surface area contributed by atoms with Crippen LogP contribution in [0.25, 0.3) is 0 Å². The number of carbonyl (C=O) groups excluding carboxylic acids is 1. The van der Waals surface area contributed by atoms with Crippen LogP contribution in [0.1, 0.15) is 65.5 Å². The molecule has 1 N–H and O–H groups in total. The minimum atomic E-state index is -0.330. The highest BCUT2D eigenvalue weighted by atomic mass is 16.5. The third-order valence-corrected chi connectivity index (χ3v) is 5.26. The molecule has 3 heterocycles. The molecular weight excluding hydrogens is 336 g/mol. The Bertz CT molecular complexity index is 897. The van der Waals surface area contributed by atoms with Crippen molar-refractivity contribution in [1.82, 2.24) is 20.3 Å². The zero-order valence-corrected chi connectivity index (χ0v) is 14.3. The Kier molecular flexibility index (Phi) is 3.66. The molecule has 2 atom stereocenters. The van der Waals surface area contributed by atoms with Crippen LogP contribution in [-0.2, 0) is 4.74 Å². The largest absolute Gasteiger partial charge is 0.377 e. The molecule has 2 aliphatic carbocycles. The number of nitrogens with one attached hydrogen (secondary N) is 1. The van der Waals surface area contributed by atoms with E-state index in [4.69, 9.17) is 9.26 Å². The number of nitrogens with zero attached hydrogens (tertiary/aromatic N) is 3. The molecular formula is C18H20N4O4. The fourth-order valence-corrected chi connectivity index (χ4v) is 3.40. The number of ether oxygens (including phenoxy) is 1. The van der Waals surface area contributed by atoms with Gasteiger partial charge in [-0.2, -0.15) is 5.10 Å². The van der Waals surface area contributed by atoms with Crippen LogP contribution in [-0.4, -0.2) is 40.1 Å². The highest BCUT2D eigenvalue weighted by Crippen LogP contribution is 2.40. The van der Waals surface area contributed by atoms with E-state index in [2.05, 4.69) is 15.6 Å². The molecule has 136 valence electrons. The molecule has 3 fully saturated rings. The summed E-state index contributed by atoms with van der Waals surface area (Å²) in [6.45, 7) is 0.684. The summed E-state index contributed by atoms with van der Waals surface area (Å²) >= 11 is 0. The van der Waals surface area contributed by atoms with Crippen LogP contribution < -0.4 is 10.9 Å². The average molecular weight is 356 g/mol. The lowest BCUT2D eigenvalue weighted by molar-refractivity contribution is 0.0915. The van der Waals surface area contributed by atoms with Gasteiger partial charge in [0.05, 0.1) is 24.9 Å². The Balaban J connectivity index is 1.34. The summed E-state index contributed by atoms with van der Waals surface area (Å²) in [6.07, 6.45) is 4.39. The first kappa shape index (κ1) is 15.7. The van der Waals surface area contributed by atoms with Gasteiger partial charge in [-0.1, -0.05) is 5.16 Å². The van der Waals surface area contributed by atoms with Crippen molar-refractivity contribution in [2.75, 3.05) is 13.2 Å². The van der Waals surface area contributed by atoms with Gasteiger partial charge in [0, 0.05) is 24.0 Å². The molecule has 0 spiro atoms. The topological polar surface area (TPSA) is 99.2 Å². The molecule has 26 heavy (non-hydrogen) atoms. The Morgan fingerprint density at radius 1 is 1.15 bits per heavy atom. The lowest BCUT2D eigenvalue weighted by Gasteiger charge is -2.20. The second-order valence-electron chi connectivity index (χ2n) is 7.39. The molecule has 2 unspecified atom stereocenters. The van der Waals surface area contributed by atoms with E-state index in [-0.39, 0.29) is 29.2 Å². The second kappa shape index (κ2) is 6.05. The summed E-state index contributed by atoms with van der Waals surface area (Å²) in [5.41, 5.74) is 1.03. The van der Waals surface area contributed by atoms with E-state index in [9.17, 15) is 9.59 Å². The summed E-state index contributed by atoms with van der Waals surface area (Å²) in [6, 6.07) is 4.41. The molecule has 1 aliphatic heterocycles. The third-order valence-electron chi connectivity index (χ3n) is 5.26. The van der Waals surface area contributed by atoms with E-state index in [1.807, 2.05) is 0 Å². The van der Waals surface area contributed by atoms with Crippen LogP contribution in [0.5, 0.6) is 0 Å². The van der Waals surface area contributed by atoms with Gasteiger partial charge in [0.25, 0.3) is 11.5 Å². The molecule has 0 radical (unpaired) electrons. The highest BCUT2D eigenvalue weighted by molar-refractivity contribution is 5.92. The average Bonchev–Trinajstić information content (AvgIpc) is 3.57. The van der Waals surface area contributed by atoms with Gasteiger partial charge in [-0.3, -0.25) is 9.59 Å². The van der Waals surface area contributed by atoms with E-state index in [0.717, 1.165) is 37.1 Å². The maximum absolute atomic E-state index is 12.5. The fourth-order valence-electron chi connectivity index (χ4n) is 3.40. The Morgan fingerprint density at radius 3 is 2.73 bits per heavy atom. The maximum atomic E-state index is 12.5. The zero-order valence-electron chi connectivity index (χ0n) is 14.3. The number of rotatable bonds is 5. The summed E-state index contributed by atoms with van der Waals surface area (Å²) in [4.78, 5) is 24.8. The van der Waals surface area contributed by atoms with Gasteiger partial charge in [0.2, 0.25) is 0 Å². The Hall–Kier alpha value is -2.48. The van der Waals surface area contributed by atoms with Crippen molar-refractivity contribution in [3.05, 3.63) is 45.7 Å². The molecule has 2 aromatic heterocycles. The van der Waals surface area contributed by atoms with E-state index < -0.39 is 0 Å². The van der Waals surface area contributed by atoms with Crippen LogP contribution in [0.4, 0.5) is 0 Å². The summed E-state index contributed by atoms with van der Waals surface area (Å²) < 4.78 is 12.2. The smallest absolute Gasteiger partial charge is 0.273 e. The van der Waals surface area contributed by atoms with Crippen LogP contribution in [0.15, 0.2) is 27.5 Å². The van der Waals surface area contributed by atoms with Gasteiger partial charge in [-0.25, -0.2) is 4.68 Å². The molecule has 5 rings (SSSR count). The summed E-state index contributed by atoms with van der Waals surface area (Å²) in [5, 5.41) is 11.3. The summed E-state index contributed by atoms with van der Waals surface area (Å²) in [7, 11) is 0. The Morgan fingerprint density at radius 2 is 1.96 bits per heavy atom. The predicted molar refractivity (Wildman–Crippen MR) is 90.1 cm³/mol. The van der Waals surface area contributed by atoms with Crippen LogP contribution >= 0.6 is 0 Å². The van der Waals surface area contributed by atoms with Gasteiger partial charge < -0.3 is 14.6 Å². The summed E-state index contributed by atoms with van der Waals surface area (Å²) in [5.74, 6) is 1.31. The first-order chi connectivity index (χ1) is 12.7. The molecule has 2 saturated carbocycles. The van der Waals surface area contributed by atoms with Crippen molar-refractivity contribution in [2.45, 2.75) is 49.6 Å². The van der Waals surface area contributed by atoms with Gasteiger partial charge in [-0.15, -0.1) is 0 Å². The number of amides is 1. The SMILES string of the molecule is O=C(NC1COCC1n1nc(C2CC2)ccc1=O)c1cc(C2CC2)on1. The van der Waals surface area contributed by atoms with Crippen molar-refractivity contribution in [1.29, 1.82) is 0 Å². The lowest BCUT2D eigenvalue weighted by Crippen LogP contribution is -2.44. The molecule has 8 nitrogen and oxygen atoms in total. The number of carbonyl (C=O) groups is 1. The van der Waals surface area contributed by atoms with E-state index in [0.29, 0.717) is 25.0 Å². The van der Waals surface area contributed by atoms with Crippen molar-refractivity contribution in [3.8, 4) is 0 Å². The number of aromatic nitrogens is 3. The molecule has 0 bridgehead atoms. The zero-order chi connectivity index (χ0) is 17.7.